The Labute approximate surface area is 102 Å². The Bertz CT molecular complexity index is 467. The molecule has 1 aromatic rings. The molecule has 0 radical (unpaired) electrons. The van der Waals surface area contributed by atoms with Gasteiger partial charge in [0.2, 0.25) is 0 Å². The maximum Gasteiger partial charge on any atom is 0.101 e. The zero-order valence-electron chi connectivity index (χ0n) is 10.1. The van der Waals surface area contributed by atoms with E-state index < -0.39 is 0 Å². The normalized spacial score (nSPS) is 11.3. The van der Waals surface area contributed by atoms with Gasteiger partial charge in [-0.05, 0) is 32.0 Å². The Hall–Kier alpha value is -2.20. The van der Waals surface area contributed by atoms with Gasteiger partial charge in [0, 0.05) is 18.8 Å². The number of benzene rings is 1. The largest absolute Gasteiger partial charge is 0.398 e. The van der Waals surface area contributed by atoms with Crippen LogP contribution < -0.4 is 10.6 Å². The van der Waals surface area contributed by atoms with Crippen LogP contribution in [0.5, 0.6) is 0 Å². The van der Waals surface area contributed by atoms with E-state index in [-0.39, 0.29) is 5.92 Å². The zero-order chi connectivity index (χ0) is 12.8. The van der Waals surface area contributed by atoms with Crippen molar-refractivity contribution in [1.82, 2.24) is 0 Å². The number of hydrogen-bond donors (Lipinski definition) is 1. The Morgan fingerprint density at radius 1 is 1.41 bits per heavy atom. The second-order valence-electron chi connectivity index (χ2n) is 3.95. The van der Waals surface area contributed by atoms with Crippen molar-refractivity contribution in [1.29, 1.82) is 10.5 Å². The summed E-state index contributed by atoms with van der Waals surface area (Å²) in [4.78, 5) is 2.07. The number of anilines is 2. The smallest absolute Gasteiger partial charge is 0.101 e. The fraction of sp³-hybridized carbons (Fsp3) is 0.385. The molecule has 0 aromatic heterocycles. The molecule has 1 unspecified atom stereocenters. The molecule has 0 aliphatic heterocycles. The highest BCUT2D eigenvalue weighted by Gasteiger charge is 2.10. The Morgan fingerprint density at radius 3 is 2.59 bits per heavy atom. The van der Waals surface area contributed by atoms with Crippen LogP contribution in [0.4, 0.5) is 11.4 Å². The van der Waals surface area contributed by atoms with Gasteiger partial charge in [-0.3, -0.25) is 0 Å². The minimum absolute atomic E-state index is 0.0354. The van der Waals surface area contributed by atoms with Gasteiger partial charge in [-0.15, -0.1) is 0 Å². The summed E-state index contributed by atoms with van der Waals surface area (Å²) < 4.78 is 0. The number of hydrogen-bond acceptors (Lipinski definition) is 4. The van der Waals surface area contributed by atoms with Crippen LogP contribution >= 0.6 is 0 Å². The number of nitrogens with zero attached hydrogens (tertiary/aromatic N) is 3. The molecule has 0 spiro atoms. The lowest BCUT2D eigenvalue weighted by Crippen LogP contribution is -2.27. The van der Waals surface area contributed by atoms with Gasteiger partial charge in [0.25, 0.3) is 0 Å². The Morgan fingerprint density at radius 2 is 2.12 bits per heavy atom. The van der Waals surface area contributed by atoms with Crippen LogP contribution in [-0.2, 0) is 0 Å². The fourth-order valence-electron chi connectivity index (χ4n) is 1.64. The first-order chi connectivity index (χ1) is 8.12. The Kier molecular flexibility index (Phi) is 4.37. The lowest BCUT2D eigenvalue weighted by atomic mass is 10.1. The average molecular weight is 228 g/mol. The highest BCUT2D eigenvalue weighted by Crippen LogP contribution is 2.21. The number of nitrogen functional groups attached to an aromatic ring is 1. The standard InChI is InChI=1S/C13H16N4/c1-3-17(9-10(2)7-14)12-5-4-11(8-15)13(16)6-12/h4-6,10H,3,9,16H2,1-2H3. The van der Waals surface area contributed by atoms with Crippen molar-refractivity contribution < 1.29 is 0 Å². The van der Waals surface area contributed by atoms with Crippen LogP contribution in [0.2, 0.25) is 0 Å². The molecule has 1 rings (SSSR count). The fourth-order valence-corrected chi connectivity index (χ4v) is 1.64. The highest BCUT2D eigenvalue weighted by molar-refractivity contribution is 5.63. The molecule has 2 N–H and O–H groups in total. The van der Waals surface area contributed by atoms with E-state index in [2.05, 4.69) is 11.0 Å². The van der Waals surface area contributed by atoms with Gasteiger partial charge in [0.05, 0.1) is 23.2 Å². The topological polar surface area (TPSA) is 76.8 Å². The van der Waals surface area contributed by atoms with E-state index in [0.717, 1.165) is 12.2 Å². The quantitative estimate of drug-likeness (QED) is 0.801. The van der Waals surface area contributed by atoms with Gasteiger partial charge < -0.3 is 10.6 Å². The van der Waals surface area contributed by atoms with Crippen LogP contribution in [0.3, 0.4) is 0 Å². The predicted octanol–water partition coefficient (Wildman–Crippen LogP) is 2.13. The SMILES string of the molecule is CCN(CC(C)C#N)c1ccc(C#N)c(N)c1. The third-order valence-corrected chi connectivity index (χ3v) is 2.62. The van der Waals surface area contributed by atoms with E-state index in [1.807, 2.05) is 26.0 Å². The van der Waals surface area contributed by atoms with E-state index >= 15 is 0 Å². The first-order valence-electron chi connectivity index (χ1n) is 5.56. The van der Waals surface area contributed by atoms with Crippen molar-refractivity contribution >= 4 is 11.4 Å². The molecule has 17 heavy (non-hydrogen) atoms. The maximum absolute atomic E-state index is 8.82. The van der Waals surface area contributed by atoms with Gasteiger partial charge in [0.1, 0.15) is 6.07 Å². The summed E-state index contributed by atoms with van der Waals surface area (Å²) in [5.41, 5.74) is 7.69. The molecule has 0 aliphatic rings. The van der Waals surface area contributed by atoms with Crippen molar-refractivity contribution in [3.63, 3.8) is 0 Å². The average Bonchev–Trinajstić information content (AvgIpc) is 2.35. The maximum atomic E-state index is 8.82. The molecule has 0 saturated carbocycles. The molecule has 0 saturated heterocycles. The second kappa shape index (κ2) is 5.77. The van der Waals surface area contributed by atoms with E-state index in [4.69, 9.17) is 16.3 Å². The molecule has 4 nitrogen and oxygen atoms in total. The summed E-state index contributed by atoms with van der Waals surface area (Å²) in [6, 6.07) is 9.61. The minimum atomic E-state index is -0.0354. The van der Waals surface area contributed by atoms with Gasteiger partial charge in [-0.25, -0.2) is 0 Å². The van der Waals surface area contributed by atoms with Gasteiger partial charge in [0.15, 0.2) is 0 Å². The first-order valence-corrected chi connectivity index (χ1v) is 5.56. The Balaban J connectivity index is 2.94. The summed E-state index contributed by atoms with van der Waals surface area (Å²) in [6.45, 7) is 5.38. The van der Waals surface area contributed by atoms with Crippen LogP contribution in [-0.4, -0.2) is 13.1 Å². The van der Waals surface area contributed by atoms with Crippen molar-refractivity contribution in [2.75, 3.05) is 23.7 Å². The molecule has 1 atom stereocenters. The summed E-state index contributed by atoms with van der Waals surface area (Å²) in [5, 5.41) is 17.6. The summed E-state index contributed by atoms with van der Waals surface area (Å²) in [7, 11) is 0. The number of nitrogens with two attached hydrogens (primary N) is 1. The summed E-state index contributed by atoms with van der Waals surface area (Å²) in [5.74, 6) is -0.0354. The van der Waals surface area contributed by atoms with Crippen LogP contribution in [0.1, 0.15) is 19.4 Å². The minimum Gasteiger partial charge on any atom is -0.398 e. The monoisotopic (exact) mass is 228 g/mol. The molecule has 0 bridgehead atoms. The van der Waals surface area contributed by atoms with Crippen LogP contribution in [0.15, 0.2) is 18.2 Å². The molecular weight excluding hydrogens is 212 g/mol. The second-order valence-corrected chi connectivity index (χ2v) is 3.95. The third kappa shape index (κ3) is 3.12. The number of nitriles is 2. The van der Waals surface area contributed by atoms with Crippen molar-refractivity contribution in [2.45, 2.75) is 13.8 Å². The highest BCUT2D eigenvalue weighted by atomic mass is 15.1. The molecule has 0 fully saturated rings. The first kappa shape index (κ1) is 12.9. The van der Waals surface area contributed by atoms with Crippen LogP contribution in [0, 0.1) is 28.6 Å². The predicted molar refractivity (Wildman–Crippen MR) is 68.2 cm³/mol. The van der Waals surface area contributed by atoms with Crippen molar-refractivity contribution in [3.05, 3.63) is 23.8 Å². The summed E-state index contributed by atoms with van der Waals surface area (Å²) in [6.07, 6.45) is 0. The van der Waals surface area contributed by atoms with E-state index in [9.17, 15) is 0 Å². The molecule has 4 heteroatoms. The van der Waals surface area contributed by atoms with E-state index in [0.29, 0.717) is 17.8 Å². The molecule has 0 heterocycles. The molecule has 0 amide bonds. The van der Waals surface area contributed by atoms with Gasteiger partial charge in [-0.2, -0.15) is 10.5 Å². The molecule has 0 aliphatic carbocycles. The van der Waals surface area contributed by atoms with E-state index in [1.54, 1.807) is 12.1 Å². The van der Waals surface area contributed by atoms with Crippen molar-refractivity contribution in [3.8, 4) is 12.1 Å². The third-order valence-electron chi connectivity index (χ3n) is 2.62. The molecular formula is C13H16N4. The zero-order valence-corrected chi connectivity index (χ0v) is 10.1. The van der Waals surface area contributed by atoms with Gasteiger partial charge >= 0.3 is 0 Å². The molecule has 1 aromatic carbocycles. The van der Waals surface area contributed by atoms with Crippen LogP contribution in [0.25, 0.3) is 0 Å². The lowest BCUT2D eigenvalue weighted by molar-refractivity contribution is 0.686. The lowest BCUT2D eigenvalue weighted by Gasteiger charge is -2.24. The summed E-state index contributed by atoms with van der Waals surface area (Å²) >= 11 is 0. The van der Waals surface area contributed by atoms with E-state index in [1.165, 1.54) is 0 Å². The van der Waals surface area contributed by atoms with Crippen molar-refractivity contribution in [2.24, 2.45) is 5.92 Å². The van der Waals surface area contributed by atoms with Gasteiger partial charge in [-0.1, -0.05) is 0 Å². The number of rotatable bonds is 4. The molecule has 88 valence electrons.